The second-order valence-electron chi connectivity index (χ2n) is 5.51. The molecule has 1 aliphatic rings. The monoisotopic (exact) mass is 250 g/mol. The van der Waals surface area contributed by atoms with E-state index in [1.54, 1.807) is 0 Å². The molecule has 1 aromatic carbocycles. The third kappa shape index (κ3) is 3.25. The van der Waals surface area contributed by atoms with Crippen LogP contribution in [0.3, 0.4) is 0 Å². The summed E-state index contributed by atoms with van der Waals surface area (Å²) in [7, 11) is 0. The highest BCUT2D eigenvalue weighted by Gasteiger charge is 2.23. The van der Waals surface area contributed by atoms with Crippen molar-refractivity contribution in [2.24, 2.45) is 5.92 Å². The van der Waals surface area contributed by atoms with E-state index in [1.165, 1.54) is 55.2 Å². The third-order valence-corrected chi connectivity index (χ3v) is 4.63. The molecule has 0 nitrogen and oxygen atoms in total. The van der Waals surface area contributed by atoms with Gasteiger partial charge < -0.3 is 0 Å². The van der Waals surface area contributed by atoms with Crippen LogP contribution in [0.4, 0.5) is 0 Å². The average Bonchev–Trinajstić information content (AvgIpc) is 2.56. The maximum Gasteiger partial charge on any atom is 0.0615 e. The van der Waals surface area contributed by atoms with Gasteiger partial charge in [-0.15, -0.1) is 11.6 Å². The summed E-state index contributed by atoms with van der Waals surface area (Å²) in [5, 5.41) is 0.216. The van der Waals surface area contributed by atoms with Gasteiger partial charge in [-0.3, -0.25) is 0 Å². The maximum atomic E-state index is 6.72. The van der Waals surface area contributed by atoms with E-state index in [9.17, 15) is 0 Å². The standard InChI is InChI=1S/C16H23Cl/c1-12-9-10-15(13(2)11-12)16(17)14-7-5-3-4-6-8-14/h9-11,14,16H,3-8H2,1-2H3. The van der Waals surface area contributed by atoms with E-state index in [0.717, 1.165) is 0 Å². The molecule has 0 amide bonds. The minimum Gasteiger partial charge on any atom is -0.118 e. The number of hydrogen-bond donors (Lipinski definition) is 0. The van der Waals surface area contributed by atoms with Crippen LogP contribution < -0.4 is 0 Å². The van der Waals surface area contributed by atoms with Crippen molar-refractivity contribution in [3.8, 4) is 0 Å². The first-order valence-corrected chi connectivity index (χ1v) is 7.33. The van der Waals surface area contributed by atoms with Crippen LogP contribution >= 0.6 is 11.6 Å². The SMILES string of the molecule is Cc1ccc(C(Cl)C2CCCCCC2)c(C)c1. The van der Waals surface area contributed by atoms with E-state index < -0.39 is 0 Å². The largest absolute Gasteiger partial charge is 0.118 e. The molecule has 0 heterocycles. The van der Waals surface area contributed by atoms with Crippen LogP contribution in [-0.2, 0) is 0 Å². The molecule has 1 aromatic rings. The molecule has 0 spiro atoms. The zero-order valence-corrected chi connectivity index (χ0v) is 11.8. The highest BCUT2D eigenvalue weighted by molar-refractivity contribution is 6.21. The van der Waals surface area contributed by atoms with Crippen molar-refractivity contribution in [3.63, 3.8) is 0 Å². The topological polar surface area (TPSA) is 0 Å². The van der Waals surface area contributed by atoms with Gasteiger partial charge in [0, 0.05) is 0 Å². The summed E-state index contributed by atoms with van der Waals surface area (Å²) in [6, 6.07) is 6.67. The number of halogens is 1. The Morgan fingerprint density at radius 3 is 2.29 bits per heavy atom. The van der Waals surface area contributed by atoms with E-state index in [0.29, 0.717) is 5.92 Å². The van der Waals surface area contributed by atoms with Crippen molar-refractivity contribution in [3.05, 3.63) is 34.9 Å². The van der Waals surface area contributed by atoms with Gasteiger partial charge in [0.25, 0.3) is 0 Å². The Kier molecular flexibility index (Phi) is 4.50. The van der Waals surface area contributed by atoms with Crippen LogP contribution in [0.1, 0.15) is 60.6 Å². The normalized spacial score (nSPS) is 19.9. The molecule has 0 N–H and O–H groups in total. The quantitative estimate of drug-likeness (QED) is 0.477. The Morgan fingerprint density at radius 1 is 1.06 bits per heavy atom. The van der Waals surface area contributed by atoms with Gasteiger partial charge in [0.05, 0.1) is 5.38 Å². The summed E-state index contributed by atoms with van der Waals surface area (Å²) in [4.78, 5) is 0. The van der Waals surface area contributed by atoms with Crippen molar-refractivity contribution in [2.45, 2.75) is 57.7 Å². The number of rotatable bonds is 2. The Labute approximate surface area is 110 Å². The first-order valence-electron chi connectivity index (χ1n) is 6.89. The molecule has 0 radical (unpaired) electrons. The lowest BCUT2D eigenvalue weighted by atomic mass is 9.89. The molecule has 1 fully saturated rings. The third-order valence-electron chi connectivity index (χ3n) is 4.04. The van der Waals surface area contributed by atoms with Crippen molar-refractivity contribution >= 4 is 11.6 Å². The van der Waals surface area contributed by atoms with Gasteiger partial charge in [-0.25, -0.2) is 0 Å². The van der Waals surface area contributed by atoms with E-state index in [-0.39, 0.29) is 5.38 Å². The van der Waals surface area contributed by atoms with Crippen LogP contribution in [0.2, 0.25) is 0 Å². The van der Waals surface area contributed by atoms with Crippen molar-refractivity contribution in [1.82, 2.24) is 0 Å². The molecule has 94 valence electrons. The first-order chi connectivity index (χ1) is 8.18. The van der Waals surface area contributed by atoms with Gasteiger partial charge in [-0.2, -0.15) is 0 Å². The summed E-state index contributed by atoms with van der Waals surface area (Å²) in [5.41, 5.74) is 4.04. The van der Waals surface area contributed by atoms with Crippen LogP contribution in [0.25, 0.3) is 0 Å². The maximum absolute atomic E-state index is 6.72. The van der Waals surface area contributed by atoms with Crippen LogP contribution in [0.5, 0.6) is 0 Å². The number of aryl methyl sites for hydroxylation is 2. The molecular weight excluding hydrogens is 228 g/mol. The fourth-order valence-corrected chi connectivity index (χ4v) is 3.49. The molecule has 0 aromatic heterocycles. The zero-order valence-electron chi connectivity index (χ0n) is 11.0. The molecule has 2 rings (SSSR count). The average molecular weight is 251 g/mol. The number of hydrogen-bond acceptors (Lipinski definition) is 0. The summed E-state index contributed by atoms with van der Waals surface area (Å²) in [6.45, 7) is 4.33. The van der Waals surface area contributed by atoms with Gasteiger partial charge >= 0.3 is 0 Å². The predicted molar refractivity (Wildman–Crippen MR) is 75.7 cm³/mol. The Bertz CT molecular complexity index is 362. The Balaban J connectivity index is 2.14. The van der Waals surface area contributed by atoms with E-state index >= 15 is 0 Å². The molecule has 17 heavy (non-hydrogen) atoms. The van der Waals surface area contributed by atoms with Crippen LogP contribution in [-0.4, -0.2) is 0 Å². The second-order valence-corrected chi connectivity index (χ2v) is 5.98. The molecule has 1 heteroatoms. The zero-order chi connectivity index (χ0) is 12.3. The fraction of sp³-hybridized carbons (Fsp3) is 0.625. The molecule has 0 saturated heterocycles. The van der Waals surface area contributed by atoms with Gasteiger partial charge in [-0.1, -0.05) is 49.4 Å². The van der Waals surface area contributed by atoms with Gasteiger partial charge in [0.1, 0.15) is 0 Å². The second kappa shape index (κ2) is 5.91. The van der Waals surface area contributed by atoms with Crippen molar-refractivity contribution in [2.75, 3.05) is 0 Å². The summed E-state index contributed by atoms with van der Waals surface area (Å²) < 4.78 is 0. The first kappa shape index (κ1) is 13.0. The molecule has 1 atom stereocenters. The number of benzene rings is 1. The molecular formula is C16H23Cl. The summed E-state index contributed by atoms with van der Waals surface area (Å²) in [6.07, 6.45) is 8.13. The van der Waals surface area contributed by atoms with E-state index in [4.69, 9.17) is 11.6 Å². The Hall–Kier alpha value is -0.490. The highest BCUT2D eigenvalue weighted by atomic mass is 35.5. The lowest BCUT2D eigenvalue weighted by Crippen LogP contribution is -2.08. The van der Waals surface area contributed by atoms with Gasteiger partial charge in [0.15, 0.2) is 0 Å². The molecule has 1 unspecified atom stereocenters. The minimum absolute atomic E-state index is 0.216. The highest BCUT2D eigenvalue weighted by Crippen LogP contribution is 2.39. The predicted octanol–water partition coefficient (Wildman–Crippen LogP) is 5.55. The van der Waals surface area contributed by atoms with Gasteiger partial charge in [-0.05, 0) is 43.7 Å². The van der Waals surface area contributed by atoms with Crippen molar-refractivity contribution < 1.29 is 0 Å². The van der Waals surface area contributed by atoms with Gasteiger partial charge in [0.2, 0.25) is 0 Å². The fourth-order valence-electron chi connectivity index (χ4n) is 2.99. The van der Waals surface area contributed by atoms with E-state index in [2.05, 4.69) is 32.0 Å². The van der Waals surface area contributed by atoms with E-state index in [1.807, 2.05) is 0 Å². The minimum atomic E-state index is 0.216. The lowest BCUT2D eigenvalue weighted by molar-refractivity contribution is 0.444. The van der Waals surface area contributed by atoms with Crippen LogP contribution in [0.15, 0.2) is 18.2 Å². The van der Waals surface area contributed by atoms with Crippen LogP contribution in [0, 0.1) is 19.8 Å². The molecule has 1 saturated carbocycles. The summed E-state index contributed by atoms with van der Waals surface area (Å²) >= 11 is 6.72. The molecule has 0 bridgehead atoms. The summed E-state index contributed by atoms with van der Waals surface area (Å²) in [5.74, 6) is 0.681. The molecule has 0 aliphatic heterocycles. The molecule has 1 aliphatic carbocycles. The van der Waals surface area contributed by atoms with Crippen molar-refractivity contribution in [1.29, 1.82) is 0 Å². The Morgan fingerprint density at radius 2 is 1.71 bits per heavy atom. The smallest absolute Gasteiger partial charge is 0.0615 e. The number of alkyl halides is 1. The lowest BCUT2D eigenvalue weighted by Gasteiger charge is -2.22.